The summed E-state index contributed by atoms with van der Waals surface area (Å²) in [6, 6.07) is 11.3. The summed E-state index contributed by atoms with van der Waals surface area (Å²) < 4.78 is 29.4. The first-order chi connectivity index (χ1) is 12.8. The van der Waals surface area contributed by atoms with Gasteiger partial charge in [0.25, 0.3) is 5.91 Å². The van der Waals surface area contributed by atoms with Crippen LogP contribution in [0.15, 0.2) is 41.8 Å². The number of hydrogen-bond acceptors (Lipinski definition) is 5. The highest BCUT2D eigenvalue weighted by Crippen LogP contribution is 2.23. The number of rotatable bonds is 7. The molecule has 1 aliphatic heterocycles. The summed E-state index contributed by atoms with van der Waals surface area (Å²) in [7, 11) is -3.06. The summed E-state index contributed by atoms with van der Waals surface area (Å²) in [5.41, 5.74) is 1.21. The Morgan fingerprint density at radius 1 is 1.26 bits per heavy atom. The first kappa shape index (κ1) is 19.9. The minimum atomic E-state index is -3.06. The van der Waals surface area contributed by atoms with Crippen LogP contribution in [-0.2, 0) is 21.2 Å². The fraction of sp³-hybridized carbons (Fsp3) is 0.450. The van der Waals surface area contributed by atoms with Gasteiger partial charge in [-0.15, -0.1) is 11.3 Å². The van der Waals surface area contributed by atoms with Crippen molar-refractivity contribution in [3.8, 4) is 5.75 Å². The summed E-state index contributed by atoms with van der Waals surface area (Å²) in [6.07, 6.45) is 0.489. The van der Waals surface area contributed by atoms with Crippen molar-refractivity contribution in [2.75, 3.05) is 18.1 Å². The van der Waals surface area contributed by atoms with Gasteiger partial charge >= 0.3 is 0 Å². The van der Waals surface area contributed by atoms with Gasteiger partial charge in [-0.3, -0.25) is 4.79 Å². The van der Waals surface area contributed by atoms with Crippen molar-refractivity contribution in [2.45, 2.75) is 38.8 Å². The second-order valence-electron chi connectivity index (χ2n) is 7.17. The van der Waals surface area contributed by atoms with E-state index >= 15 is 0 Å². The SMILES string of the molecule is CC(C)c1ccc(OCC(=O)N(Cc2cccs2)[C@H]2CCS(=O)(=O)C2)cc1. The summed E-state index contributed by atoms with van der Waals surface area (Å²) in [6.45, 7) is 4.57. The fourth-order valence-corrected chi connectivity index (χ4v) is 5.62. The van der Waals surface area contributed by atoms with Crippen LogP contribution < -0.4 is 4.74 Å². The molecule has 1 aliphatic rings. The minimum absolute atomic E-state index is 0.0349. The van der Waals surface area contributed by atoms with Crippen LogP contribution in [0.1, 0.15) is 36.6 Å². The van der Waals surface area contributed by atoms with Crippen LogP contribution in [0.5, 0.6) is 5.75 Å². The van der Waals surface area contributed by atoms with Crippen LogP contribution in [0, 0.1) is 0 Å². The molecular formula is C20H25NO4S2. The molecule has 0 aliphatic carbocycles. The number of carbonyl (C=O) groups is 1. The maximum absolute atomic E-state index is 12.8. The van der Waals surface area contributed by atoms with E-state index in [2.05, 4.69) is 13.8 Å². The van der Waals surface area contributed by atoms with E-state index < -0.39 is 9.84 Å². The molecule has 1 atom stereocenters. The lowest BCUT2D eigenvalue weighted by Gasteiger charge is -2.28. The lowest BCUT2D eigenvalue weighted by molar-refractivity contribution is -0.135. The number of benzene rings is 1. The van der Waals surface area contributed by atoms with Crippen molar-refractivity contribution in [3.05, 3.63) is 52.2 Å². The second-order valence-corrected chi connectivity index (χ2v) is 10.4. The van der Waals surface area contributed by atoms with E-state index in [-0.39, 0.29) is 30.1 Å². The van der Waals surface area contributed by atoms with Gasteiger partial charge in [0.05, 0.1) is 18.1 Å². The Labute approximate surface area is 164 Å². The number of hydrogen-bond donors (Lipinski definition) is 0. The molecule has 1 fully saturated rings. The minimum Gasteiger partial charge on any atom is -0.484 e. The quantitative estimate of drug-likeness (QED) is 0.705. The van der Waals surface area contributed by atoms with Crippen LogP contribution >= 0.6 is 11.3 Å². The summed E-state index contributed by atoms with van der Waals surface area (Å²) in [5.74, 6) is 1.07. The number of sulfone groups is 1. The molecule has 0 bridgehead atoms. The number of nitrogens with zero attached hydrogens (tertiary/aromatic N) is 1. The third-order valence-electron chi connectivity index (χ3n) is 4.78. The lowest BCUT2D eigenvalue weighted by Crippen LogP contribution is -2.42. The third-order valence-corrected chi connectivity index (χ3v) is 7.40. The second kappa shape index (κ2) is 8.44. The van der Waals surface area contributed by atoms with Crippen LogP contribution in [0.4, 0.5) is 0 Å². The van der Waals surface area contributed by atoms with Crippen molar-refractivity contribution in [3.63, 3.8) is 0 Å². The predicted octanol–water partition coefficient (Wildman–Crippen LogP) is 3.47. The molecule has 0 N–H and O–H groups in total. The molecule has 27 heavy (non-hydrogen) atoms. The molecule has 3 rings (SSSR count). The highest BCUT2D eigenvalue weighted by atomic mass is 32.2. The van der Waals surface area contributed by atoms with Crippen molar-refractivity contribution < 1.29 is 17.9 Å². The normalized spacial score (nSPS) is 18.6. The maximum Gasteiger partial charge on any atom is 0.261 e. The average Bonchev–Trinajstić information content (AvgIpc) is 3.27. The van der Waals surface area contributed by atoms with Crippen LogP contribution in [0.2, 0.25) is 0 Å². The van der Waals surface area contributed by atoms with Crippen LogP contribution in [0.3, 0.4) is 0 Å². The molecule has 2 heterocycles. The molecule has 0 spiro atoms. The Kier molecular flexibility index (Phi) is 6.22. The highest BCUT2D eigenvalue weighted by molar-refractivity contribution is 7.91. The standard InChI is InChI=1S/C20H25NO4S2/c1-15(2)16-5-7-18(8-6-16)25-13-20(22)21(12-19-4-3-10-26-19)17-9-11-27(23,24)14-17/h3-8,10,15,17H,9,11-14H2,1-2H3/t17-/m0/s1. The molecular weight excluding hydrogens is 382 g/mol. The molecule has 0 radical (unpaired) electrons. The van der Waals surface area contributed by atoms with E-state index in [0.29, 0.717) is 24.6 Å². The lowest BCUT2D eigenvalue weighted by atomic mass is 10.0. The van der Waals surface area contributed by atoms with Gasteiger partial charge in [0.1, 0.15) is 5.75 Å². The van der Waals surface area contributed by atoms with Gasteiger partial charge in [0.15, 0.2) is 16.4 Å². The van der Waals surface area contributed by atoms with E-state index in [1.807, 2.05) is 41.8 Å². The Balaban J connectivity index is 1.67. The first-order valence-corrected chi connectivity index (χ1v) is 11.8. The topological polar surface area (TPSA) is 63.7 Å². The van der Waals surface area contributed by atoms with Crippen molar-refractivity contribution in [2.24, 2.45) is 0 Å². The molecule has 0 saturated carbocycles. The first-order valence-electron chi connectivity index (χ1n) is 9.09. The third kappa shape index (κ3) is 5.32. The van der Waals surface area contributed by atoms with Gasteiger partial charge in [-0.2, -0.15) is 0 Å². The number of amides is 1. The van der Waals surface area contributed by atoms with Crippen molar-refractivity contribution >= 4 is 27.1 Å². The van der Waals surface area contributed by atoms with E-state index in [1.165, 1.54) is 5.56 Å². The van der Waals surface area contributed by atoms with E-state index in [1.54, 1.807) is 16.2 Å². The Morgan fingerprint density at radius 3 is 2.56 bits per heavy atom. The van der Waals surface area contributed by atoms with Crippen LogP contribution in [-0.4, -0.2) is 43.4 Å². The molecule has 1 aromatic heterocycles. The van der Waals surface area contributed by atoms with Gasteiger partial charge in [-0.1, -0.05) is 32.0 Å². The van der Waals surface area contributed by atoms with Gasteiger partial charge in [-0.25, -0.2) is 8.42 Å². The number of ether oxygens (including phenoxy) is 1. The summed E-state index contributed by atoms with van der Waals surface area (Å²) >= 11 is 1.56. The summed E-state index contributed by atoms with van der Waals surface area (Å²) in [5, 5.41) is 1.95. The molecule has 1 amide bonds. The van der Waals surface area contributed by atoms with E-state index in [9.17, 15) is 13.2 Å². The number of thiophene rings is 1. The van der Waals surface area contributed by atoms with Gasteiger partial charge < -0.3 is 9.64 Å². The highest BCUT2D eigenvalue weighted by Gasteiger charge is 2.34. The van der Waals surface area contributed by atoms with Gasteiger partial charge in [-0.05, 0) is 41.5 Å². The Morgan fingerprint density at radius 2 is 2.00 bits per heavy atom. The van der Waals surface area contributed by atoms with E-state index in [4.69, 9.17) is 4.74 Å². The Hall–Kier alpha value is -1.86. The molecule has 0 unspecified atom stereocenters. The zero-order valence-electron chi connectivity index (χ0n) is 15.6. The largest absolute Gasteiger partial charge is 0.484 e. The fourth-order valence-electron chi connectivity index (χ4n) is 3.19. The summed E-state index contributed by atoms with van der Waals surface area (Å²) in [4.78, 5) is 15.5. The molecule has 1 saturated heterocycles. The van der Waals surface area contributed by atoms with Gasteiger partial charge in [0, 0.05) is 10.9 Å². The zero-order valence-corrected chi connectivity index (χ0v) is 17.3. The monoisotopic (exact) mass is 407 g/mol. The maximum atomic E-state index is 12.8. The smallest absolute Gasteiger partial charge is 0.261 e. The Bertz CT molecular complexity index is 858. The van der Waals surface area contributed by atoms with E-state index in [0.717, 1.165) is 4.88 Å². The predicted molar refractivity (Wildman–Crippen MR) is 108 cm³/mol. The van der Waals surface area contributed by atoms with Crippen molar-refractivity contribution in [1.29, 1.82) is 0 Å². The molecule has 5 nitrogen and oxygen atoms in total. The molecule has 1 aromatic carbocycles. The molecule has 2 aromatic rings. The van der Waals surface area contributed by atoms with Crippen molar-refractivity contribution in [1.82, 2.24) is 4.90 Å². The van der Waals surface area contributed by atoms with Crippen LogP contribution in [0.25, 0.3) is 0 Å². The number of carbonyl (C=O) groups excluding carboxylic acids is 1. The average molecular weight is 408 g/mol. The molecule has 146 valence electrons. The zero-order chi connectivity index (χ0) is 19.4. The molecule has 7 heteroatoms. The van der Waals surface area contributed by atoms with Gasteiger partial charge in [0.2, 0.25) is 0 Å².